The summed E-state index contributed by atoms with van der Waals surface area (Å²) in [5.74, 6) is -2.65. The van der Waals surface area contributed by atoms with Crippen LogP contribution in [0.1, 0.15) is 62.4 Å². The Bertz CT molecular complexity index is 740. The minimum absolute atomic E-state index is 0.198. The number of primary amides is 1. The maximum Gasteiger partial charge on any atom is 0.246 e. The summed E-state index contributed by atoms with van der Waals surface area (Å²) in [6.45, 7) is 5.71. The Kier molecular flexibility index (Phi) is 7.96. The molecule has 1 atom stereocenters. The number of nitrogens with two attached hydrogens (primary N) is 2. The van der Waals surface area contributed by atoms with Crippen LogP contribution in [0.15, 0.2) is 24.3 Å². The standard InChI is InChI=1S/C19H30N2O4S/c1-4-8-16(9-5-2)26(24,25)13-19(21,18(20)23)17(22)15-11-7-10-14(6-3)12-15/h7,10-12,16H,4-6,8-9,13,21H2,1-3H3,(H2,20,23). The van der Waals surface area contributed by atoms with E-state index in [0.717, 1.165) is 5.56 Å². The molecule has 0 radical (unpaired) electrons. The van der Waals surface area contributed by atoms with Gasteiger partial charge in [0.1, 0.15) is 0 Å². The lowest BCUT2D eigenvalue weighted by Gasteiger charge is -2.27. The number of benzene rings is 1. The zero-order chi connectivity index (χ0) is 20.0. The number of amides is 1. The first kappa shape index (κ1) is 22.3. The van der Waals surface area contributed by atoms with Gasteiger partial charge in [-0.25, -0.2) is 8.42 Å². The molecular weight excluding hydrogens is 352 g/mol. The second-order valence-corrected chi connectivity index (χ2v) is 9.01. The second-order valence-electron chi connectivity index (χ2n) is 6.73. The summed E-state index contributed by atoms with van der Waals surface area (Å²) in [5.41, 5.74) is 10.2. The third kappa shape index (κ3) is 5.14. The SMILES string of the molecule is CCCC(CCC)S(=O)(=O)CC(N)(C(N)=O)C(=O)c1cccc(CC)c1. The fraction of sp³-hybridized carbons (Fsp3) is 0.579. The first-order chi connectivity index (χ1) is 12.1. The molecule has 1 rings (SSSR count). The van der Waals surface area contributed by atoms with E-state index in [1.54, 1.807) is 12.1 Å². The van der Waals surface area contributed by atoms with E-state index in [9.17, 15) is 18.0 Å². The van der Waals surface area contributed by atoms with Gasteiger partial charge in [0.15, 0.2) is 21.2 Å². The van der Waals surface area contributed by atoms with Crippen molar-refractivity contribution in [2.45, 2.75) is 63.7 Å². The smallest absolute Gasteiger partial charge is 0.246 e. The first-order valence-electron chi connectivity index (χ1n) is 9.06. The molecule has 1 unspecified atom stereocenters. The highest BCUT2D eigenvalue weighted by Crippen LogP contribution is 2.22. The fourth-order valence-electron chi connectivity index (χ4n) is 3.02. The zero-order valence-electron chi connectivity index (χ0n) is 15.8. The van der Waals surface area contributed by atoms with E-state index in [-0.39, 0.29) is 5.56 Å². The van der Waals surface area contributed by atoms with Crippen molar-refractivity contribution in [2.24, 2.45) is 11.5 Å². The van der Waals surface area contributed by atoms with Gasteiger partial charge in [-0.2, -0.15) is 0 Å². The van der Waals surface area contributed by atoms with Gasteiger partial charge >= 0.3 is 0 Å². The molecule has 146 valence electrons. The highest BCUT2D eigenvalue weighted by atomic mass is 32.2. The van der Waals surface area contributed by atoms with Gasteiger partial charge < -0.3 is 11.5 Å². The van der Waals surface area contributed by atoms with Gasteiger partial charge in [-0.3, -0.25) is 9.59 Å². The van der Waals surface area contributed by atoms with Gasteiger partial charge in [0, 0.05) is 5.56 Å². The monoisotopic (exact) mass is 382 g/mol. The Labute approximate surface area is 156 Å². The zero-order valence-corrected chi connectivity index (χ0v) is 16.6. The molecule has 0 bridgehead atoms. The van der Waals surface area contributed by atoms with Crippen molar-refractivity contribution < 1.29 is 18.0 Å². The molecule has 4 N–H and O–H groups in total. The number of carbonyl (C=O) groups is 2. The summed E-state index contributed by atoms with van der Waals surface area (Å²) in [5, 5.41) is -0.630. The van der Waals surface area contributed by atoms with Gasteiger partial charge in [0.05, 0.1) is 11.0 Å². The van der Waals surface area contributed by atoms with Crippen molar-refractivity contribution in [3.63, 3.8) is 0 Å². The summed E-state index contributed by atoms with van der Waals surface area (Å²) in [4.78, 5) is 24.9. The molecule has 0 spiro atoms. The molecule has 0 saturated heterocycles. The lowest BCUT2D eigenvalue weighted by atomic mass is 9.90. The van der Waals surface area contributed by atoms with Gasteiger partial charge in [-0.05, 0) is 30.9 Å². The van der Waals surface area contributed by atoms with Gasteiger partial charge in [-0.15, -0.1) is 0 Å². The van der Waals surface area contributed by atoms with E-state index in [0.29, 0.717) is 32.1 Å². The molecule has 0 saturated carbocycles. The number of Topliss-reactive ketones (excluding diaryl/α,β-unsaturated/α-hetero) is 1. The number of carbonyl (C=O) groups excluding carboxylic acids is 2. The van der Waals surface area contributed by atoms with Crippen molar-refractivity contribution >= 4 is 21.5 Å². The highest BCUT2D eigenvalue weighted by Gasteiger charge is 2.46. The molecule has 6 nitrogen and oxygen atoms in total. The van der Waals surface area contributed by atoms with Crippen LogP contribution < -0.4 is 11.5 Å². The van der Waals surface area contributed by atoms with Crippen molar-refractivity contribution in [3.8, 4) is 0 Å². The Morgan fingerprint density at radius 2 is 1.69 bits per heavy atom. The van der Waals surface area contributed by atoms with Crippen LogP contribution in [0.5, 0.6) is 0 Å². The van der Waals surface area contributed by atoms with Crippen molar-refractivity contribution in [3.05, 3.63) is 35.4 Å². The number of rotatable bonds is 11. The van der Waals surface area contributed by atoms with Crippen LogP contribution in [-0.2, 0) is 21.1 Å². The topological polar surface area (TPSA) is 120 Å². The molecule has 0 aliphatic heterocycles. The Balaban J connectivity index is 3.27. The molecule has 1 amide bonds. The third-order valence-corrected chi connectivity index (χ3v) is 6.95. The van der Waals surface area contributed by atoms with E-state index in [1.165, 1.54) is 6.07 Å². The molecule has 0 aliphatic carbocycles. The predicted octanol–water partition coefficient (Wildman–Crippen LogP) is 2.00. The number of ketones is 1. The minimum atomic E-state index is -3.76. The van der Waals surface area contributed by atoms with Gasteiger partial charge in [-0.1, -0.05) is 51.8 Å². The van der Waals surface area contributed by atoms with Crippen LogP contribution in [0.25, 0.3) is 0 Å². The molecule has 0 fully saturated rings. The third-order valence-electron chi connectivity index (χ3n) is 4.60. The van der Waals surface area contributed by atoms with Gasteiger partial charge in [0.25, 0.3) is 0 Å². The largest absolute Gasteiger partial charge is 0.368 e. The minimum Gasteiger partial charge on any atom is -0.368 e. The van der Waals surface area contributed by atoms with Crippen LogP contribution in [0.4, 0.5) is 0 Å². The Morgan fingerprint density at radius 3 is 2.15 bits per heavy atom. The summed E-state index contributed by atoms with van der Waals surface area (Å²) >= 11 is 0. The van der Waals surface area contributed by atoms with E-state index >= 15 is 0 Å². The fourth-order valence-corrected chi connectivity index (χ4v) is 5.35. The van der Waals surface area contributed by atoms with Crippen molar-refractivity contribution in [1.82, 2.24) is 0 Å². The molecular formula is C19H30N2O4S. The first-order valence-corrected chi connectivity index (χ1v) is 10.8. The summed E-state index contributed by atoms with van der Waals surface area (Å²) in [7, 11) is -3.76. The quantitative estimate of drug-likeness (QED) is 0.448. The maximum atomic E-state index is 12.9. The average Bonchev–Trinajstić information content (AvgIpc) is 2.60. The Hall–Kier alpha value is -1.73. The highest BCUT2D eigenvalue weighted by molar-refractivity contribution is 7.92. The maximum absolute atomic E-state index is 12.9. The van der Waals surface area contributed by atoms with Gasteiger partial charge in [0.2, 0.25) is 5.91 Å². The van der Waals surface area contributed by atoms with Crippen molar-refractivity contribution in [1.29, 1.82) is 0 Å². The normalized spacial score (nSPS) is 14.2. The number of hydrogen-bond acceptors (Lipinski definition) is 5. The molecule has 0 aromatic heterocycles. The van der Waals surface area contributed by atoms with Crippen LogP contribution in [0.2, 0.25) is 0 Å². The van der Waals surface area contributed by atoms with E-state index in [1.807, 2.05) is 26.8 Å². The van der Waals surface area contributed by atoms with Crippen LogP contribution in [-0.4, -0.2) is 36.6 Å². The molecule has 7 heteroatoms. The second kappa shape index (κ2) is 9.28. The number of sulfone groups is 1. The lowest BCUT2D eigenvalue weighted by Crippen LogP contribution is -2.63. The molecule has 26 heavy (non-hydrogen) atoms. The molecule has 0 aliphatic rings. The Morgan fingerprint density at radius 1 is 1.12 bits per heavy atom. The van der Waals surface area contributed by atoms with E-state index in [4.69, 9.17) is 11.5 Å². The molecule has 0 heterocycles. The van der Waals surface area contributed by atoms with Crippen LogP contribution in [0, 0.1) is 0 Å². The molecule has 1 aromatic rings. The summed E-state index contributed by atoms with van der Waals surface area (Å²) in [6.07, 6.45) is 2.99. The number of hydrogen-bond donors (Lipinski definition) is 2. The molecule has 1 aromatic carbocycles. The number of aryl methyl sites for hydroxylation is 1. The average molecular weight is 383 g/mol. The predicted molar refractivity (Wildman–Crippen MR) is 104 cm³/mol. The summed E-state index contributed by atoms with van der Waals surface area (Å²) < 4.78 is 25.7. The van der Waals surface area contributed by atoms with E-state index < -0.39 is 38.1 Å². The van der Waals surface area contributed by atoms with Crippen LogP contribution in [0.3, 0.4) is 0 Å². The van der Waals surface area contributed by atoms with Crippen molar-refractivity contribution in [2.75, 3.05) is 5.75 Å². The van der Waals surface area contributed by atoms with Crippen LogP contribution >= 0.6 is 0 Å². The van der Waals surface area contributed by atoms with E-state index in [2.05, 4.69) is 0 Å². The summed E-state index contributed by atoms with van der Waals surface area (Å²) in [6, 6.07) is 6.66. The lowest BCUT2D eigenvalue weighted by molar-refractivity contribution is -0.120.